The summed E-state index contributed by atoms with van der Waals surface area (Å²) in [5, 5.41) is 20.1. The number of hydrogen-bond acceptors (Lipinski definition) is 6. The second kappa shape index (κ2) is 6.07. The molecule has 1 heterocycles. The van der Waals surface area contributed by atoms with E-state index in [1.807, 2.05) is 54.6 Å². The maximum absolute atomic E-state index is 10.1. The minimum atomic E-state index is -1.51. The first-order valence-electron chi connectivity index (χ1n) is 8.72. The summed E-state index contributed by atoms with van der Waals surface area (Å²) in [4.78, 5) is 2.88. The molecule has 3 N–H and O–H groups in total. The molecular weight excluding hydrogens is 356 g/mol. The molecule has 1 aliphatic heterocycles. The van der Waals surface area contributed by atoms with E-state index in [1.54, 1.807) is 0 Å². The number of para-hydroxylation sites is 1. The molecule has 0 saturated heterocycles. The van der Waals surface area contributed by atoms with E-state index < -0.39 is 22.7 Å². The van der Waals surface area contributed by atoms with Gasteiger partial charge < -0.3 is 14.2 Å². The van der Waals surface area contributed by atoms with Crippen LogP contribution in [0.2, 0.25) is 0 Å². The molecule has 0 radical (unpaired) electrons. The fourth-order valence-electron chi connectivity index (χ4n) is 4.50. The van der Waals surface area contributed by atoms with Gasteiger partial charge in [0.05, 0.1) is 12.1 Å². The molecule has 140 valence electrons. The number of fused-ring (bicyclic) bond motifs is 1. The SMILES string of the molecule is COC1(OC)[NH+]=C(N)[C@@]2(C#N)[C@H](c3cccc(Oc4ccccc4)c3)[C@@]12C#N. The number of nitrogens with two attached hydrogens (primary N) is 1. The summed E-state index contributed by atoms with van der Waals surface area (Å²) in [5.74, 6) is -0.587. The van der Waals surface area contributed by atoms with E-state index >= 15 is 0 Å². The van der Waals surface area contributed by atoms with Crippen LogP contribution in [0.1, 0.15) is 11.5 Å². The van der Waals surface area contributed by atoms with Gasteiger partial charge in [-0.05, 0) is 29.8 Å². The monoisotopic (exact) mass is 375 g/mol. The van der Waals surface area contributed by atoms with E-state index in [0.717, 1.165) is 5.56 Å². The van der Waals surface area contributed by atoms with Gasteiger partial charge in [-0.15, -0.1) is 0 Å². The Morgan fingerprint density at radius 1 is 0.964 bits per heavy atom. The van der Waals surface area contributed by atoms with Crippen LogP contribution in [0.4, 0.5) is 0 Å². The second-order valence-electron chi connectivity index (χ2n) is 6.82. The van der Waals surface area contributed by atoms with Gasteiger partial charge in [0.2, 0.25) is 0 Å². The Bertz CT molecular complexity index is 1040. The summed E-state index contributed by atoms with van der Waals surface area (Å²) in [6, 6.07) is 21.2. The highest BCUT2D eigenvalue weighted by Gasteiger charge is 2.96. The fraction of sp³-hybridized carbons (Fsp3) is 0.286. The van der Waals surface area contributed by atoms with E-state index in [0.29, 0.717) is 11.5 Å². The van der Waals surface area contributed by atoms with Crippen molar-refractivity contribution >= 4 is 5.84 Å². The molecule has 2 aromatic rings. The topological polar surface area (TPSA) is 115 Å². The third kappa shape index (κ3) is 1.95. The molecule has 0 aromatic heterocycles. The van der Waals surface area contributed by atoms with E-state index in [9.17, 15) is 10.5 Å². The van der Waals surface area contributed by atoms with Crippen LogP contribution >= 0.6 is 0 Å². The lowest BCUT2D eigenvalue weighted by Gasteiger charge is -2.26. The minimum absolute atomic E-state index is 0.166. The number of rotatable bonds is 5. The molecule has 4 rings (SSSR count). The molecule has 0 unspecified atom stereocenters. The molecule has 0 spiro atoms. The van der Waals surface area contributed by atoms with Crippen LogP contribution in [0.25, 0.3) is 0 Å². The predicted molar refractivity (Wildman–Crippen MR) is 98.7 cm³/mol. The maximum Gasteiger partial charge on any atom is 0.342 e. The van der Waals surface area contributed by atoms with Crippen molar-refractivity contribution in [3.05, 3.63) is 60.2 Å². The third-order valence-electron chi connectivity index (χ3n) is 5.75. The summed E-state index contributed by atoms with van der Waals surface area (Å²) >= 11 is 0. The van der Waals surface area contributed by atoms with Gasteiger partial charge in [-0.3, -0.25) is 5.73 Å². The Morgan fingerprint density at radius 2 is 1.64 bits per heavy atom. The molecule has 2 aliphatic rings. The standard InChI is InChI=1S/C21H18N4O3/c1-26-21(27-2)20(13-23)17(19(20,12-22)18(24)25-21)14-7-6-10-16(11-14)28-15-8-4-3-5-9-15/h3-11,17H,1-2H3,(H2,24,25)/p+1/t17-,19+,20+/m0/s1. The molecule has 1 fully saturated rings. The normalized spacial score (nSPS) is 29.1. The third-order valence-corrected chi connectivity index (χ3v) is 5.75. The number of nitrogens with zero attached hydrogens (tertiary/aromatic N) is 2. The summed E-state index contributed by atoms with van der Waals surface area (Å²) in [7, 11) is 2.83. The Kier molecular flexibility index (Phi) is 3.90. The number of nitrogens with one attached hydrogen (secondary N) is 1. The van der Waals surface area contributed by atoms with Gasteiger partial charge >= 0.3 is 5.91 Å². The van der Waals surface area contributed by atoms with Crippen LogP contribution < -0.4 is 15.5 Å². The van der Waals surface area contributed by atoms with Gasteiger partial charge in [0, 0.05) is 20.1 Å². The average molecular weight is 375 g/mol. The van der Waals surface area contributed by atoms with Crippen molar-refractivity contribution in [3.63, 3.8) is 0 Å². The number of ether oxygens (including phenoxy) is 3. The zero-order valence-corrected chi connectivity index (χ0v) is 15.5. The summed E-state index contributed by atoms with van der Waals surface area (Å²) in [6.45, 7) is 0. The maximum atomic E-state index is 10.1. The van der Waals surface area contributed by atoms with Gasteiger partial charge in [0.25, 0.3) is 5.84 Å². The quantitative estimate of drug-likeness (QED) is 0.753. The Balaban J connectivity index is 1.79. The van der Waals surface area contributed by atoms with Gasteiger partial charge in [-0.1, -0.05) is 30.3 Å². The van der Waals surface area contributed by atoms with E-state index in [2.05, 4.69) is 17.1 Å². The zero-order valence-electron chi connectivity index (χ0n) is 15.5. The molecule has 7 nitrogen and oxygen atoms in total. The predicted octanol–water partition coefficient (Wildman–Crippen LogP) is 0.994. The lowest BCUT2D eigenvalue weighted by Crippen LogP contribution is -2.90. The van der Waals surface area contributed by atoms with Crippen LogP contribution in [0.15, 0.2) is 54.6 Å². The molecule has 0 amide bonds. The fourth-order valence-corrected chi connectivity index (χ4v) is 4.50. The van der Waals surface area contributed by atoms with Crippen LogP contribution in [-0.4, -0.2) is 26.0 Å². The first-order chi connectivity index (χ1) is 13.5. The first-order valence-corrected chi connectivity index (χ1v) is 8.72. The van der Waals surface area contributed by atoms with E-state index in [4.69, 9.17) is 19.9 Å². The van der Waals surface area contributed by atoms with Gasteiger partial charge in [-0.2, -0.15) is 10.5 Å². The molecule has 28 heavy (non-hydrogen) atoms. The Hall–Kier alpha value is -3.39. The molecule has 7 heteroatoms. The van der Waals surface area contributed by atoms with Crippen molar-refractivity contribution in [2.24, 2.45) is 16.6 Å². The van der Waals surface area contributed by atoms with Crippen molar-refractivity contribution in [2.45, 2.75) is 11.8 Å². The molecule has 0 bridgehead atoms. The number of amidine groups is 1. The van der Waals surface area contributed by atoms with Crippen molar-refractivity contribution < 1.29 is 19.2 Å². The van der Waals surface area contributed by atoms with Crippen molar-refractivity contribution in [1.29, 1.82) is 10.5 Å². The number of hydrogen-bond donors (Lipinski definition) is 2. The first kappa shape index (κ1) is 18.0. The molecular formula is C21H19N4O3+. The van der Waals surface area contributed by atoms with Crippen LogP contribution in [0.5, 0.6) is 11.5 Å². The van der Waals surface area contributed by atoms with Crippen molar-refractivity contribution in [1.82, 2.24) is 0 Å². The van der Waals surface area contributed by atoms with Gasteiger partial charge in [-0.25, -0.2) is 4.99 Å². The molecule has 1 saturated carbocycles. The second-order valence-corrected chi connectivity index (χ2v) is 6.82. The highest BCUT2D eigenvalue weighted by Crippen LogP contribution is 2.78. The Labute approximate surface area is 162 Å². The highest BCUT2D eigenvalue weighted by atomic mass is 16.7. The van der Waals surface area contributed by atoms with Crippen molar-refractivity contribution in [2.75, 3.05) is 14.2 Å². The summed E-state index contributed by atoms with van der Waals surface area (Å²) < 4.78 is 17.0. The van der Waals surface area contributed by atoms with Crippen LogP contribution in [0.3, 0.4) is 0 Å². The largest absolute Gasteiger partial charge is 0.457 e. The zero-order chi connectivity index (χ0) is 20.0. The molecule has 2 aromatic carbocycles. The molecule has 1 aliphatic carbocycles. The van der Waals surface area contributed by atoms with Crippen LogP contribution in [0, 0.1) is 33.5 Å². The molecule has 3 atom stereocenters. The van der Waals surface area contributed by atoms with Crippen LogP contribution in [-0.2, 0) is 9.47 Å². The summed E-state index contributed by atoms with van der Waals surface area (Å²) in [5.41, 5.74) is 4.34. The van der Waals surface area contributed by atoms with E-state index in [1.165, 1.54) is 14.2 Å². The van der Waals surface area contributed by atoms with Crippen molar-refractivity contribution in [3.8, 4) is 23.6 Å². The lowest BCUT2D eigenvalue weighted by molar-refractivity contribution is -0.687. The van der Waals surface area contributed by atoms with Gasteiger partial charge in [0.1, 0.15) is 11.5 Å². The van der Waals surface area contributed by atoms with E-state index in [-0.39, 0.29) is 5.84 Å². The number of methoxy groups -OCH3 is 2. The lowest BCUT2D eigenvalue weighted by atomic mass is 9.93. The highest BCUT2D eigenvalue weighted by molar-refractivity contribution is 5.95. The minimum Gasteiger partial charge on any atom is -0.457 e. The smallest absolute Gasteiger partial charge is 0.342 e. The number of nitriles is 2. The number of benzene rings is 2. The Morgan fingerprint density at radius 3 is 2.25 bits per heavy atom. The van der Waals surface area contributed by atoms with Gasteiger partial charge in [0.15, 0.2) is 10.8 Å². The average Bonchev–Trinajstić information content (AvgIpc) is 3.31. The summed E-state index contributed by atoms with van der Waals surface area (Å²) in [6.07, 6.45) is 0.